The zero-order chi connectivity index (χ0) is 23.5. The first-order valence-electron chi connectivity index (χ1n) is 11.0. The van der Waals surface area contributed by atoms with Crippen LogP contribution in [0, 0.1) is 6.92 Å². The Hall–Kier alpha value is -1.51. The van der Waals surface area contributed by atoms with Crippen LogP contribution in [-0.2, 0) is 22.4 Å². The van der Waals surface area contributed by atoms with E-state index in [1.807, 2.05) is 13.0 Å². The van der Waals surface area contributed by atoms with Gasteiger partial charge in [0.25, 0.3) is 0 Å². The quantitative estimate of drug-likeness (QED) is 0.415. The number of fused-ring (bicyclic) bond motifs is 1. The van der Waals surface area contributed by atoms with Crippen LogP contribution in [0.5, 0.6) is 5.88 Å². The van der Waals surface area contributed by atoms with Gasteiger partial charge in [-0.15, -0.1) is 11.6 Å². The molecule has 3 aromatic rings. The van der Waals surface area contributed by atoms with Gasteiger partial charge in [0.05, 0.1) is 16.2 Å². The molecule has 1 saturated heterocycles. The number of aromatic nitrogens is 2. The Kier molecular flexibility index (Phi) is 6.07. The molecule has 0 amide bonds. The predicted octanol–water partition coefficient (Wildman–Crippen LogP) is 5.72. The Bertz CT molecular complexity index is 1350. The van der Waals surface area contributed by atoms with Gasteiger partial charge in [0.15, 0.2) is 0 Å². The molecule has 1 N–H and O–H groups in total. The van der Waals surface area contributed by atoms with Crippen molar-refractivity contribution >= 4 is 55.7 Å². The third-order valence-electron chi connectivity index (χ3n) is 6.64. The van der Waals surface area contributed by atoms with E-state index in [0.717, 1.165) is 42.5 Å². The van der Waals surface area contributed by atoms with Crippen molar-refractivity contribution in [3.8, 4) is 17.0 Å². The van der Waals surface area contributed by atoms with Gasteiger partial charge >= 0.3 is 0 Å². The lowest BCUT2D eigenvalue weighted by Gasteiger charge is -2.24. The molecule has 33 heavy (non-hydrogen) atoms. The van der Waals surface area contributed by atoms with Crippen molar-refractivity contribution in [2.45, 2.75) is 56.3 Å². The normalized spacial score (nSPS) is 19.6. The minimum absolute atomic E-state index is 0.0283. The first kappa shape index (κ1) is 23.2. The van der Waals surface area contributed by atoms with Gasteiger partial charge in [0, 0.05) is 58.1 Å². The predicted molar refractivity (Wildman–Crippen MR) is 133 cm³/mol. The summed E-state index contributed by atoms with van der Waals surface area (Å²) in [5.74, 6) is 0.226. The molecule has 0 radical (unpaired) electrons. The SMILES string of the molecule is Cc1nc2cn(C[C@@H]3CCCN3S(=O)(=O)C3CC3)c(O)c2c(-c2ccc(Cl)cc2Cl)c1CCl. The van der Waals surface area contributed by atoms with E-state index in [2.05, 4.69) is 4.98 Å². The molecule has 1 aromatic carbocycles. The van der Waals surface area contributed by atoms with E-state index < -0.39 is 10.0 Å². The highest BCUT2D eigenvalue weighted by atomic mass is 35.5. The van der Waals surface area contributed by atoms with E-state index in [0.29, 0.717) is 39.6 Å². The van der Waals surface area contributed by atoms with Crippen molar-refractivity contribution < 1.29 is 13.5 Å². The van der Waals surface area contributed by atoms with Crippen molar-refractivity contribution in [2.75, 3.05) is 6.54 Å². The first-order chi connectivity index (χ1) is 15.7. The van der Waals surface area contributed by atoms with E-state index in [-0.39, 0.29) is 23.1 Å². The van der Waals surface area contributed by atoms with E-state index in [1.54, 1.807) is 27.2 Å². The van der Waals surface area contributed by atoms with Gasteiger partial charge in [0.1, 0.15) is 0 Å². The molecule has 1 aliphatic carbocycles. The minimum atomic E-state index is -3.28. The molecular weight excluding hydrogens is 505 g/mol. The van der Waals surface area contributed by atoms with Crippen LogP contribution in [0.1, 0.15) is 36.9 Å². The van der Waals surface area contributed by atoms with Crippen molar-refractivity contribution in [1.29, 1.82) is 0 Å². The van der Waals surface area contributed by atoms with Gasteiger partial charge in [0.2, 0.25) is 15.9 Å². The number of nitrogens with zero attached hydrogens (tertiary/aromatic N) is 3. The zero-order valence-corrected chi connectivity index (χ0v) is 21.1. The highest BCUT2D eigenvalue weighted by molar-refractivity contribution is 7.90. The molecule has 0 unspecified atom stereocenters. The van der Waals surface area contributed by atoms with Crippen LogP contribution in [0.3, 0.4) is 0 Å². The van der Waals surface area contributed by atoms with Gasteiger partial charge in [-0.25, -0.2) is 8.42 Å². The summed E-state index contributed by atoms with van der Waals surface area (Å²) in [6.45, 7) is 2.77. The van der Waals surface area contributed by atoms with Crippen molar-refractivity contribution in [3.05, 3.63) is 45.7 Å². The maximum atomic E-state index is 12.9. The summed E-state index contributed by atoms with van der Waals surface area (Å²) in [5, 5.41) is 12.6. The second kappa shape index (κ2) is 8.61. The fourth-order valence-corrected chi connectivity index (χ4v) is 7.76. The third-order valence-corrected chi connectivity index (χ3v) is 9.91. The molecule has 1 aliphatic heterocycles. The molecule has 10 heteroatoms. The highest BCUT2D eigenvalue weighted by Gasteiger charge is 2.44. The molecule has 1 atom stereocenters. The van der Waals surface area contributed by atoms with E-state index in [9.17, 15) is 13.5 Å². The topological polar surface area (TPSA) is 75.4 Å². The number of aromatic hydroxyl groups is 1. The van der Waals surface area contributed by atoms with Crippen molar-refractivity contribution in [3.63, 3.8) is 0 Å². The number of sulfonamides is 1. The summed E-state index contributed by atoms with van der Waals surface area (Å²) >= 11 is 18.9. The van der Waals surface area contributed by atoms with Gasteiger partial charge in [-0.05, 0) is 50.3 Å². The molecule has 5 rings (SSSR count). The second-order valence-electron chi connectivity index (χ2n) is 8.82. The average molecular weight is 529 g/mol. The standard InChI is InChI=1S/C23H24Cl3N3O3S/c1-13-18(10-24)21(17-7-4-14(25)9-19(17)26)22-20(27-13)12-28(23(22)30)11-15-3-2-8-29(15)33(31,32)16-5-6-16/h4,7,9,12,15-16,30H,2-3,5-6,8,10-11H2,1H3/t15-/m0/s1. The Morgan fingerprint density at radius 1 is 1.21 bits per heavy atom. The number of rotatable bonds is 6. The van der Waals surface area contributed by atoms with E-state index in [1.165, 1.54) is 0 Å². The number of benzene rings is 1. The Morgan fingerprint density at radius 3 is 2.64 bits per heavy atom. The molecule has 0 bridgehead atoms. The number of hydrogen-bond acceptors (Lipinski definition) is 4. The first-order valence-corrected chi connectivity index (χ1v) is 13.7. The Morgan fingerprint density at radius 2 is 1.97 bits per heavy atom. The lowest BCUT2D eigenvalue weighted by atomic mass is 9.96. The lowest BCUT2D eigenvalue weighted by Crippen LogP contribution is -2.39. The highest BCUT2D eigenvalue weighted by Crippen LogP contribution is 2.43. The molecule has 2 fully saturated rings. The fourth-order valence-electron chi connectivity index (χ4n) is 4.84. The zero-order valence-electron chi connectivity index (χ0n) is 18.1. The molecule has 6 nitrogen and oxygen atoms in total. The molecule has 1 saturated carbocycles. The van der Waals surface area contributed by atoms with Crippen LogP contribution >= 0.6 is 34.8 Å². The fraction of sp³-hybridized carbons (Fsp3) is 0.435. The number of halogens is 3. The molecule has 0 spiro atoms. The monoisotopic (exact) mass is 527 g/mol. The van der Waals surface area contributed by atoms with Crippen LogP contribution in [0.25, 0.3) is 22.0 Å². The summed E-state index contributed by atoms with van der Waals surface area (Å²) < 4.78 is 29.1. The summed E-state index contributed by atoms with van der Waals surface area (Å²) in [5.41, 5.74) is 3.56. The van der Waals surface area contributed by atoms with Crippen LogP contribution in [0.4, 0.5) is 0 Å². The smallest absolute Gasteiger partial charge is 0.217 e. The largest absolute Gasteiger partial charge is 0.494 e. The molecule has 3 heterocycles. The number of aryl methyl sites for hydroxylation is 1. The van der Waals surface area contributed by atoms with Gasteiger partial charge in [-0.1, -0.05) is 29.3 Å². The van der Waals surface area contributed by atoms with E-state index in [4.69, 9.17) is 34.8 Å². The summed E-state index contributed by atoms with van der Waals surface area (Å²) in [7, 11) is -3.28. The summed E-state index contributed by atoms with van der Waals surface area (Å²) in [6.07, 6.45) is 4.83. The maximum absolute atomic E-state index is 12.9. The van der Waals surface area contributed by atoms with E-state index >= 15 is 0 Å². The maximum Gasteiger partial charge on any atom is 0.217 e. The van der Waals surface area contributed by atoms with Gasteiger partial charge < -0.3 is 9.67 Å². The lowest BCUT2D eigenvalue weighted by molar-refractivity contribution is 0.331. The van der Waals surface area contributed by atoms with Crippen molar-refractivity contribution in [1.82, 2.24) is 13.9 Å². The molecule has 176 valence electrons. The molecule has 2 aliphatic rings. The molecule has 2 aromatic heterocycles. The third kappa shape index (κ3) is 4.02. The summed E-state index contributed by atoms with van der Waals surface area (Å²) in [6, 6.07) is 5.02. The van der Waals surface area contributed by atoms with Crippen LogP contribution in [0.15, 0.2) is 24.4 Å². The van der Waals surface area contributed by atoms with Gasteiger partial charge in [-0.3, -0.25) is 4.98 Å². The van der Waals surface area contributed by atoms with Crippen LogP contribution in [-0.4, -0.2) is 45.2 Å². The Balaban J connectivity index is 1.62. The molecular formula is C23H24Cl3N3O3S. The number of pyridine rings is 1. The van der Waals surface area contributed by atoms with Crippen molar-refractivity contribution in [2.24, 2.45) is 0 Å². The van der Waals surface area contributed by atoms with Crippen LogP contribution < -0.4 is 0 Å². The van der Waals surface area contributed by atoms with Crippen LogP contribution in [0.2, 0.25) is 10.0 Å². The average Bonchev–Trinajstić information content (AvgIpc) is 3.45. The summed E-state index contributed by atoms with van der Waals surface area (Å²) in [4.78, 5) is 4.68. The number of hydrogen-bond donors (Lipinski definition) is 1. The van der Waals surface area contributed by atoms with Gasteiger partial charge in [-0.2, -0.15) is 4.31 Å². The second-order valence-corrected chi connectivity index (χ2v) is 12.1. The minimum Gasteiger partial charge on any atom is -0.494 e. The number of alkyl halides is 1. The Labute approximate surface area is 208 Å².